The molecule has 0 radical (unpaired) electrons. The minimum Gasteiger partial charge on any atom is -0.376 e. The molecule has 4 heterocycles. The Morgan fingerprint density at radius 1 is 1.33 bits per heavy atom. The highest BCUT2D eigenvalue weighted by Crippen LogP contribution is 2.34. The van der Waals surface area contributed by atoms with Crippen LogP contribution < -0.4 is 5.32 Å². The number of aromatic nitrogens is 3. The van der Waals surface area contributed by atoms with Crippen LogP contribution in [0.4, 0.5) is 5.82 Å². The molecule has 0 aromatic carbocycles. The van der Waals surface area contributed by atoms with Crippen LogP contribution in [0.1, 0.15) is 11.4 Å². The minimum atomic E-state index is 0.370. The van der Waals surface area contributed by atoms with Gasteiger partial charge in [0, 0.05) is 51.3 Å². The molecule has 6 nitrogen and oxygen atoms in total. The first kappa shape index (κ1) is 15.6. The third-order valence-electron chi connectivity index (χ3n) is 5.21. The van der Waals surface area contributed by atoms with Crippen molar-refractivity contribution in [3.05, 3.63) is 41.9 Å². The zero-order valence-electron chi connectivity index (χ0n) is 14.4. The number of likely N-dealkylation sites (tertiary alicyclic amines) is 1. The van der Waals surface area contributed by atoms with Crippen LogP contribution in [0, 0.1) is 18.8 Å². The molecular formula is C18H25N5O. The Hall–Kier alpha value is -1.92. The van der Waals surface area contributed by atoms with E-state index in [-0.39, 0.29) is 0 Å². The second-order valence-corrected chi connectivity index (χ2v) is 6.99. The molecule has 0 aliphatic carbocycles. The summed E-state index contributed by atoms with van der Waals surface area (Å²) in [7, 11) is 2.02. The molecule has 3 atom stereocenters. The second-order valence-electron chi connectivity index (χ2n) is 6.99. The average molecular weight is 327 g/mol. The monoisotopic (exact) mass is 327 g/mol. The van der Waals surface area contributed by atoms with Gasteiger partial charge < -0.3 is 10.1 Å². The van der Waals surface area contributed by atoms with E-state index in [0.29, 0.717) is 17.9 Å². The Balaban J connectivity index is 1.34. The molecule has 2 aromatic rings. The summed E-state index contributed by atoms with van der Waals surface area (Å²) in [5.41, 5.74) is 2.36. The van der Waals surface area contributed by atoms with Crippen LogP contribution >= 0.6 is 0 Å². The highest BCUT2D eigenvalue weighted by Gasteiger charge is 2.43. The van der Waals surface area contributed by atoms with Crippen molar-refractivity contribution in [2.75, 3.05) is 31.6 Å². The van der Waals surface area contributed by atoms with Crippen molar-refractivity contribution >= 4 is 5.82 Å². The summed E-state index contributed by atoms with van der Waals surface area (Å²) in [6.07, 6.45) is 2.19. The fraction of sp³-hybridized carbons (Fsp3) is 0.556. The van der Waals surface area contributed by atoms with E-state index < -0.39 is 0 Å². The largest absolute Gasteiger partial charge is 0.376 e. The van der Waals surface area contributed by atoms with Gasteiger partial charge in [-0.3, -0.25) is 9.58 Å². The lowest BCUT2D eigenvalue weighted by Gasteiger charge is -2.20. The van der Waals surface area contributed by atoms with Crippen LogP contribution in [0.3, 0.4) is 0 Å². The Labute approximate surface area is 142 Å². The fourth-order valence-electron chi connectivity index (χ4n) is 3.96. The number of rotatable bonds is 5. The number of aryl methyl sites for hydroxylation is 2. The van der Waals surface area contributed by atoms with Gasteiger partial charge in [0.25, 0.3) is 0 Å². The summed E-state index contributed by atoms with van der Waals surface area (Å²) >= 11 is 0. The molecule has 6 heteroatoms. The number of hydrogen-bond acceptors (Lipinski definition) is 5. The molecule has 0 saturated carbocycles. The Morgan fingerprint density at radius 2 is 2.25 bits per heavy atom. The quantitative estimate of drug-likeness (QED) is 0.905. The first-order chi connectivity index (χ1) is 11.7. The maximum Gasteiger partial charge on any atom is 0.125 e. The van der Waals surface area contributed by atoms with Gasteiger partial charge in [-0.1, -0.05) is 6.07 Å². The normalized spacial score (nSPS) is 26.7. The molecule has 2 aromatic heterocycles. The number of pyridine rings is 1. The lowest BCUT2D eigenvalue weighted by Crippen LogP contribution is -2.27. The van der Waals surface area contributed by atoms with E-state index in [0.717, 1.165) is 44.3 Å². The van der Waals surface area contributed by atoms with Gasteiger partial charge in [-0.2, -0.15) is 5.10 Å². The van der Waals surface area contributed by atoms with Gasteiger partial charge in [0.1, 0.15) is 5.82 Å². The summed E-state index contributed by atoms with van der Waals surface area (Å²) in [6, 6.07) is 8.14. The molecule has 0 spiro atoms. The van der Waals surface area contributed by atoms with Crippen LogP contribution in [-0.2, 0) is 18.3 Å². The van der Waals surface area contributed by atoms with Crippen LogP contribution in [0.5, 0.6) is 0 Å². The van der Waals surface area contributed by atoms with Gasteiger partial charge in [-0.25, -0.2) is 4.98 Å². The molecule has 0 unspecified atom stereocenters. The number of nitrogens with one attached hydrogen (secondary N) is 1. The zero-order chi connectivity index (χ0) is 16.5. The van der Waals surface area contributed by atoms with E-state index in [2.05, 4.69) is 26.4 Å². The van der Waals surface area contributed by atoms with Gasteiger partial charge in [0.15, 0.2) is 0 Å². The van der Waals surface area contributed by atoms with Gasteiger partial charge in [0.05, 0.1) is 24.1 Å². The number of ether oxygens (including phenoxy) is 1. The highest BCUT2D eigenvalue weighted by atomic mass is 16.5. The Kier molecular flexibility index (Phi) is 4.24. The van der Waals surface area contributed by atoms with E-state index in [1.54, 1.807) is 0 Å². The molecule has 4 rings (SSSR count). The predicted molar refractivity (Wildman–Crippen MR) is 92.7 cm³/mol. The van der Waals surface area contributed by atoms with Gasteiger partial charge >= 0.3 is 0 Å². The lowest BCUT2D eigenvalue weighted by atomic mass is 9.93. The number of nitrogens with zero attached hydrogens (tertiary/aromatic N) is 4. The smallest absolute Gasteiger partial charge is 0.125 e. The van der Waals surface area contributed by atoms with Crippen LogP contribution in [0.2, 0.25) is 0 Å². The molecule has 2 fully saturated rings. The number of hydrogen-bond donors (Lipinski definition) is 1. The van der Waals surface area contributed by atoms with Crippen molar-refractivity contribution in [1.82, 2.24) is 19.7 Å². The lowest BCUT2D eigenvalue weighted by molar-refractivity contribution is 0.0942. The molecule has 2 aliphatic heterocycles. The third kappa shape index (κ3) is 3.16. The van der Waals surface area contributed by atoms with E-state index in [1.165, 1.54) is 5.69 Å². The van der Waals surface area contributed by atoms with Crippen molar-refractivity contribution in [1.29, 1.82) is 0 Å². The van der Waals surface area contributed by atoms with E-state index in [9.17, 15) is 0 Å². The Morgan fingerprint density at radius 3 is 3.00 bits per heavy atom. The topological polar surface area (TPSA) is 55.2 Å². The van der Waals surface area contributed by atoms with Crippen molar-refractivity contribution in [3.8, 4) is 0 Å². The molecule has 128 valence electrons. The summed E-state index contributed by atoms with van der Waals surface area (Å²) < 4.78 is 8.05. The Bertz CT molecular complexity index is 686. The molecule has 2 saturated heterocycles. The molecule has 1 N–H and O–H groups in total. The highest BCUT2D eigenvalue weighted by molar-refractivity contribution is 5.33. The fourth-order valence-corrected chi connectivity index (χ4v) is 3.96. The van der Waals surface area contributed by atoms with Crippen LogP contribution in [-0.4, -0.2) is 52.0 Å². The second kappa shape index (κ2) is 6.53. The summed E-state index contributed by atoms with van der Waals surface area (Å²) in [5.74, 6) is 2.10. The third-order valence-corrected chi connectivity index (χ3v) is 5.21. The first-order valence-corrected chi connectivity index (χ1v) is 8.67. The van der Waals surface area contributed by atoms with Crippen molar-refractivity contribution in [2.45, 2.75) is 19.6 Å². The van der Waals surface area contributed by atoms with Gasteiger partial charge in [-0.05, 0) is 25.1 Å². The zero-order valence-corrected chi connectivity index (χ0v) is 14.4. The van der Waals surface area contributed by atoms with Crippen molar-refractivity contribution < 1.29 is 4.74 Å². The van der Waals surface area contributed by atoms with Crippen LogP contribution in [0.25, 0.3) is 0 Å². The maximum absolute atomic E-state index is 6.06. The summed E-state index contributed by atoms with van der Waals surface area (Å²) in [4.78, 5) is 6.83. The van der Waals surface area contributed by atoms with E-state index in [4.69, 9.17) is 4.74 Å². The summed E-state index contributed by atoms with van der Waals surface area (Å²) in [5, 5.41) is 7.90. The van der Waals surface area contributed by atoms with Crippen molar-refractivity contribution in [3.63, 3.8) is 0 Å². The molecule has 0 amide bonds. The minimum absolute atomic E-state index is 0.370. The van der Waals surface area contributed by atoms with E-state index >= 15 is 0 Å². The molecular weight excluding hydrogens is 302 g/mol. The molecule has 2 aliphatic rings. The van der Waals surface area contributed by atoms with Crippen molar-refractivity contribution in [2.24, 2.45) is 18.9 Å². The van der Waals surface area contributed by atoms with Gasteiger partial charge in [-0.15, -0.1) is 0 Å². The maximum atomic E-state index is 6.06. The SMILES string of the molecule is Cc1cc(CN2C[C@@H]3[C@@H](CNc4ccccn4)CO[C@@H]3C2)n(C)n1. The first-order valence-electron chi connectivity index (χ1n) is 8.67. The number of anilines is 1. The number of fused-ring (bicyclic) bond motifs is 1. The predicted octanol–water partition coefficient (Wildman–Crippen LogP) is 1.68. The van der Waals surface area contributed by atoms with Crippen LogP contribution in [0.15, 0.2) is 30.5 Å². The molecule has 24 heavy (non-hydrogen) atoms. The average Bonchev–Trinajstić information content (AvgIpc) is 3.22. The molecule has 0 bridgehead atoms. The van der Waals surface area contributed by atoms with Gasteiger partial charge in [0.2, 0.25) is 0 Å². The summed E-state index contributed by atoms with van der Waals surface area (Å²) in [6.45, 7) is 6.90. The standard InChI is InChI=1S/C18H25N5O/c1-13-7-15(22(2)21-13)9-23-10-16-14(12-24-17(16)11-23)8-20-18-5-3-4-6-19-18/h3-7,14,16-17H,8-12H2,1-2H3,(H,19,20)/t14-,16+,17+/m0/s1. The van der Waals surface area contributed by atoms with E-state index in [1.807, 2.05) is 43.0 Å².